The van der Waals surface area contributed by atoms with Crippen LogP contribution < -0.4 is 0 Å². The minimum Gasteiger partial charge on any atom is -0.478 e. The van der Waals surface area contributed by atoms with Gasteiger partial charge in [-0.1, -0.05) is 0 Å². The number of aliphatic carboxylic acids is 1. The number of carbonyl (C=O) groups excluding carboxylic acids is 2. The first-order chi connectivity index (χ1) is 5.52. The highest BCUT2D eigenvalue weighted by molar-refractivity contribution is 6.17. The van der Waals surface area contributed by atoms with Crippen molar-refractivity contribution in [3.05, 3.63) is 11.6 Å². The van der Waals surface area contributed by atoms with Crippen LogP contribution in [0.25, 0.3) is 0 Å². The molecule has 2 N–H and O–H groups in total. The van der Waals surface area contributed by atoms with Crippen molar-refractivity contribution in [2.24, 2.45) is 0 Å². The Labute approximate surface area is 67.3 Å². The summed E-state index contributed by atoms with van der Waals surface area (Å²) in [5.41, 5.74) is -0.268. The number of Topliss-reactive ketones (excluding diaryl/α,β-unsaturated/α-hetero) is 1. The van der Waals surface area contributed by atoms with Crippen LogP contribution in [0.15, 0.2) is 11.6 Å². The maximum Gasteiger partial charge on any atom is 0.332 e. The SMILES string of the molecule is O=C(O)C1=CC(=O)[C@@H](O)C(=O)C1. The molecule has 0 heterocycles. The molecule has 0 unspecified atom stereocenters. The molecule has 1 atom stereocenters. The van der Waals surface area contributed by atoms with Crippen molar-refractivity contribution in [3.63, 3.8) is 0 Å². The maximum atomic E-state index is 10.7. The van der Waals surface area contributed by atoms with Gasteiger partial charge in [-0.2, -0.15) is 0 Å². The largest absolute Gasteiger partial charge is 0.478 e. The van der Waals surface area contributed by atoms with E-state index < -0.39 is 23.6 Å². The molecule has 0 aromatic heterocycles. The number of aliphatic hydroxyl groups excluding tert-OH is 1. The van der Waals surface area contributed by atoms with E-state index in [2.05, 4.69) is 0 Å². The number of hydrogen-bond acceptors (Lipinski definition) is 4. The fraction of sp³-hybridized carbons (Fsp3) is 0.286. The van der Waals surface area contributed by atoms with Gasteiger partial charge in [0.15, 0.2) is 17.7 Å². The Morgan fingerprint density at radius 2 is 2.08 bits per heavy atom. The molecule has 0 spiro atoms. The minimum absolute atomic E-state index is 0.268. The Bertz CT molecular complexity index is 288. The Hall–Kier alpha value is -1.49. The van der Waals surface area contributed by atoms with Crippen LogP contribution in [0.3, 0.4) is 0 Å². The van der Waals surface area contributed by atoms with Crippen molar-refractivity contribution in [1.29, 1.82) is 0 Å². The number of carbonyl (C=O) groups is 3. The van der Waals surface area contributed by atoms with Crippen LogP contribution in [-0.4, -0.2) is 33.9 Å². The van der Waals surface area contributed by atoms with Crippen molar-refractivity contribution < 1.29 is 24.6 Å². The predicted octanol–water partition coefficient (Wildman–Crippen LogP) is -1.10. The lowest BCUT2D eigenvalue weighted by molar-refractivity contribution is -0.140. The zero-order chi connectivity index (χ0) is 9.30. The molecule has 0 fully saturated rings. The molecule has 1 aliphatic carbocycles. The summed E-state index contributed by atoms with van der Waals surface area (Å²) >= 11 is 0. The third kappa shape index (κ3) is 1.40. The van der Waals surface area contributed by atoms with Gasteiger partial charge >= 0.3 is 5.97 Å². The summed E-state index contributed by atoms with van der Waals surface area (Å²) in [7, 11) is 0. The summed E-state index contributed by atoms with van der Waals surface area (Å²) in [6.45, 7) is 0. The number of hydrogen-bond donors (Lipinski definition) is 2. The first kappa shape index (κ1) is 8.61. The lowest BCUT2D eigenvalue weighted by Crippen LogP contribution is -2.33. The molecule has 0 aromatic rings. The number of carboxylic acids is 1. The molecular formula is C7H6O5. The van der Waals surface area contributed by atoms with Gasteiger partial charge in [0, 0.05) is 12.0 Å². The standard InChI is InChI=1S/C7H6O5/c8-4-1-3(7(11)12)2-5(9)6(4)10/h1,6,10H,2H2,(H,11,12)/t6-/m1/s1. The van der Waals surface area contributed by atoms with Crippen LogP contribution in [0.5, 0.6) is 0 Å². The highest BCUT2D eigenvalue weighted by Gasteiger charge is 2.30. The van der Waals surface area contributed by atoms with Gasteiger partial charge in [0.25, 0.3) is 0 Å². The van der Waals surface area contributed by atoms with E-state index in [1.165, 1.54) is 0 Å². The van der Waals surface area contributed by atoms with Gasteiger partial charge in [0.1, 0.15) is 0 Å². The van der Waals surface area contributed by atoms with Crippen LogP contribution in [0.1, 0.15) is 6.42 Å². The van der Waals surface area contributed by atoms with E-state index in [1.807, 2.05) is 0 Å². The molecule has 0 radical (unpaired) electrons. The van der Waals surface area contributed by atoms with E-state index in [9.17, 15) is 14.4 Å². The van der Waals surface area contributed by atoms with Crippen LogP contribution in [-0.2, 0) is 14.4 Å². The molecule has 5 nitrogen and oxygen atoms in total. The van der Waals surface area contributed by atoms with Crippen molar-refractivity contribution in [2.75, 3.05) is 0 Å². The fourth-order valence-corrected chi connectivity index (χ4v) is 0.882. The molecule has 0 saturated carbocycles. The summed E-state index contributed by atoms with van der Waals surface area (Å²) in [6, 6.07) is 0. The third-order valence-electron chi connectivity index (χ3n) is 1.53. The van der Waals surface area contributed by atoms with Crippen molar-refractivity contribution in [2.45, 2.75) is 12.5 Å². The van der Waals surface area contributed by atoms with Gasteiger partial charge in [-0.15, -0.1) is 0 Å². The molecule has 12 heavy (non-hydrogen) atoms. The number of aliphatic hydroxyl groups is 1. The second-order valence-electron chi connectivity index (χ2n) is 2.42. The second-order valence-corrected chi connectivity index (χ2v) is 2.42. The average Bonchev–Trinajstić information content (AvgIpc) is 1.99. The van der Waals surface area contributed by atoms with Gasteiger partial charge < -0.3 is 10.2 Å². The molecule has 0 aliphatic heterocycles. The lowest BCUT2D eigenvalue weighted by Gasteiger charge is -2.11. The molecule has 0 aromatic carbocycles. The topological polar surface area (TPSA) is 91.7 Å². The average molecular weight is 170 g/mol. The number of rotatable bonds is 1. The summed E-state index contributed by atoms with van der Waals surface area (Å²) < 4.78 is 0. The number of ketones is 2. The molecule has 5 heteroatoms. The van der Waals surface area contributed by atoms with E-state index in [-0.39, 0.29) is 12.0 Å². The van der Waals surface area contributed by atoms with Gasteiger partial charge in [0.05, 0.1) is 0 Å². The zero-order valence-corrected chi connectivity index (χ0v) is 5.98. The molecule has 0 amide bonds. The van der Waals surface area contributed by atoms with Crippen LogP contribution in [0.4, 0.5) is 0 Å². The first-order valence-corrected chi connectivity index (χ1v) is 3.21. The van der Waals surface area contributed by atoms with Gasteiger partial charge in [0.2, 0.25) is 0 Å². The van der Waals surface area contributed by atoms with Crippen molar-refractivity contribution >= 4 is 17.5 Å². The quantitative estimate of drug-likeness (QED) is 0.487. The van der Waals surface area contributed by atoms with E-state index >= 15 is 0 Å². The van der Waals surface area contributed by atoms with Crippen LogP contribution in [0.2, 0.25) is 0 Å². The van der Waals surface area contributed by atoms with Gasteiger partial charge in [-0.25, -0.2) is 4.79 Å². The summed E-state index contributed by atoms with van der Waals surface area (Å²) in [5.74, 6) is -2.92. The van der Waals surface area contributed by atoms with Crippen molar-refractivity contribution in [3.8, 4) is 0 Å². The molecule has 0 saturated heterocycles. The third-order valence-corrected chi connectivity index (χ3v) is 1.53. The molecule has 0 bridgehead atoms. The second kappa shape index (κ2) is 2.86. The predicted molar refractivity (Wildman–Crippen MR) is 36.4 cm³/mol. The Kier molecular flexibility index (Phi) is 2.05. The summed E-state index contributed by atoms with van der Waals surface area (Å²) in [6.07, 6.45) is -1.27. The Morgan fingerprint density at radius 3 is 2.50 bits per heavy atom. The zero-order valence-electron chi connectivity index (χ0n) is 5.98. The van der Waals surface area contributed by atoms with E-state index in [0.717, 1.165) is 6.08 Å². The Balaban J connectivity index is 2.96. The minimum atomic E-state index is -1.67. The van der Waals surface area contributed by atoms with Gasteiger partial charge in [-0.05, 0) is 6.08 Å². The van der Waals surface area contributed by atoms with Crippen molar-refractivity contribution in [1.82, 2.24) is 0 Å². The molecule has 1 aliphatic rings. The van der Waals surface area contributed by atoms with E-state index in [4.69, 9.17) is 10.2 Å². The molecular weight excluding hydrogens is 164 g/mol. The van der Waals surface area contributed by atoms with Crippen LogP contribution in [0, 0.1) is 0 Å². The first-order valence-electron chi connectivity index (χ1n) is 3.21. The lowest BCUT2D eigenvalue weighted by atomic mass is 9.95. The summed E-state index contributed by atoms with van der Waals surface area (Å²) in [5, 5.41) is 17.2. The number of carboxylic acid groups (broad SMARTS) is 1. The monoisotopic (exact) mass is 170 g/mol. The smallest absolute Gasteiger partial charge is 0.332 e. The molecule has 1 rings (SSSR count). The molecule has 64 valence electrons. The van der Waals surface area contributed by atoms with E-state index in [0.29, 0.717) is 0 Å². The van der Waals surface area contributed by atoms with Gasteiger partial charge in [-0.3, -0.25) is 9.59 Å². The van der Waals surface area contributed by atoms with E-state index in [1.54, 1.807) is 0 Å². The maximum absolute atomic E-state index is 10.7. The fourth-order valence-electron chi connectivity index (χ4n) is 0.882. The highest BCUT2D eigenvalue weighted by Crippen LogP contribution is 2.12. The summed E-state index contributed by atoms with van der Waals surface area (Å²) in [4.78, 5) is 31.8. The highest BCUT2D eigenvalue weighted by atomic mass is 16.4. The van der Waals surface area contributed by atoms with Crippen LogP contribution >= 0.6 is 0 Å². The Morgan fingerprint density at radius 1 is 1.50 bits per heavy atom. The normalized spacial score (nSPS) is 23.8.